The van der Waals surface area contributed by atoms with Crippen LogP contribution in [-0.2, 0) is 21.1 Å². The number of piperidine rings is 1. The van der Waals surface area contributed by atoms with Crippen LogP contribution in [0, 0.1) is 5.41 Å². The number of hydrogen-bond acceptors (Lipinski definition) is 6. The molecule has 0 unspecified atom stereocenters. The molecule has 0 aromatic heterocycles. The molecule has 0 amide bonds. The predicted octanol–water partition coefficient (Wildman–Crippen LogP) is 1.06. The van der Waals surface area contributed by atoms with Crippen molar-refractivity contribution in [3.63, 3.8) is 0 Å². The van der Waals surface area contributed by atoms with Gasteiger partial charge >= 0.3 is 0 Å². The van der Waals surface area contributed by atoms with E-state index in [1.165, 1.54) is 6.26 Å². The zero-order valence-corrected chi connectivity index (χ0v) is 15.8. The molecule has 7 heteroatoms. The van der Waals surface area contributed by atoms with E-state index in [-0.39, 0.29) is 6.61 Å². The van der Waals surface area contributed by atoms with E-state index in [1.807, 2.05) is 12.1 Å². The molecule has 0 saturated carbocycles. The number of sulfone groups is 1. The summed E-state index contributed by atoms with van der Waals surface area (Å²) in [6.07, 6.45) is 2.81. The Kier molecular flexibility index (Phi) is 6.99. The maximum Gasteiger partial charge on any atom is 0.175 e. The maximum atomic E-state index is 11.5. The number of rotatable bonds is 8. The normalized spacial score (nSPS) is 25.2. The highest BCUT2D eigenvalue weighted by Gasteiger charge is 2.41. The van der Waals surface area contributed by atoms with E-state index >= 15 is 0 Å². The summed E-state index contributed by atoms with van der Waals surface area (Å²) in [4.78, 5) is 2.53. The van der Waals surface area contributed by atoms with Gasteiger partial charge in [-0.3, -0.25) is 4.90 Å². The number of hydrogen-bond donors (Lipinski definition) is 2. The first kappa shape index (κ1) is 20.3. The molecule has 1 saturated heterocycles. The van der Waals surface area contributed by atoms with Gasteiger partial charge < -0.3 is 14.9 Å². The van der Waals surface area contributed by atoms with Crippen LogP contribution in [0.15, 0.2) is 29.2 Å². The fourth-order valence-electron chi connectivity index (χ4n) is 3.52. The third-order valence-corrected chi connectivity index (χ3v) is 6.19. The molecule has 1 heterocycles. The third-order valence-electron chi connectivity index (χ3n) is 5.06. The Hall–Kier alpha value is -0.990. The van der Waals surface area contributed by atoms with Gasteiger partial charge in [0.1, 0.15) is 0 Å². The first-order chi connectivity index (χ1) is 11.8. The largest absolute Gasteiger partial charge is 0.396 e. The zero-order chi connectivity index (χ0) is 18.5. The molecule has 142 valence electrons. The van der Waals surface area contributed by atoms with Crippen molar-refractivity contribution < 1.29 is 23.4 Å². The smallest absolute Gasteiger partial charge is 0.175 e. The van der Waals surface area contributed by atoms with Crippen molar-refractivity contribution in [1.29, 1.82) is 0 Å². The van der Waals surface area contributed by atoms with Crippen molar-refractivity contribution in [3.8, 4) is 0 Å². The van der Waals surface area contributed by atoms with Crippen LogP contribution >= 0.6 is 0 Å². The van der Waals surface area contributed by atoms with E-state index in [1.54, 1.807) is 19.2 Å². The van der Waals surface area contributed by atoms with Crippen molar-refractivity contribution >= 4 is 9.84 Å². The molecular weight excluding hydrogens is 342 g/mol. The predicted molar refractivity (Wildman–Crippen MR) is 96.1 cm³/mol. The zero-order valence-electron chi connectivity index (χ0n) is 15.0. The van der Waals surface area contributed by atoms with Crippen molar-refractivity contribution in [2.75, 3.05) is 39.7 Å². The minimum Gasteiger partial charge on any atom is -0.396 e. The van der Waals surface area contributed by atoms with Gasteiger partial charge in [0.05, 0.1) is 17.6 Å². The highest BCUT2D eigenvalue weighted by atomic mass is 32.2. The molecule has 6 nitrogen and oxygen atoms in total. The van der Waals surface area contributed by atoms with Crippen LogP contribution in [0.4, 0.5) is 0 Å². The molecule has 1 aliphatic rings. The molecule has 0 spiro atoms. The van der Waals surface area contributed by atoms with Gasteiger partial charge in [-0.25, -0.2) is 8.42 Å². The van der Waals surface area contributed by atoms with Gasteiger partial charge in [0.15, 0.2) is 9.84 Å². The summed E-state index contributed by atoms with van der Waals surface area (Å²) in [5.41, 5.74) is 0.497. The molecule has 1 fully saturated rings. The lowest BCUT2D eigenvalue weighted by Gasteiger charge is -2.45. The fraction of sp³-hybridized carbons (Fsp3) is 0.667. The fourth-order valence-corrected chi connectivity index (χ4v) is 4.16. The molecule has 0 bridgehead atoms. The van der Waals surface area contributed by atoms with Gasteiger partial charge in [-0.15, -0.1) is 0 Å². The van der Waals surface area contributed by atoms with E-state index in [0.29, 0.717) is 37.4 Å². The molecule has 0 radical (unpaired) electrons. The van der Waals surface area contributed by atoms with E-state index in [0.717, 1.165) is 18.5 Å². The van der Waals surface area contributed by atoms with Gasteiger partial charge in [-0.2, -0.15) is 0 Å². The summed E-state index contributed by atoms with van der Waals surface area (Å²) in [6.45, 7) is 2.59. The number of ether oxygens (including phenoxy) is 1. The molecule has 2 N–H and O–H groups in total. The monoisotopic (exact) mass is 371 g/mol. The molecule has 2 atom stereocenters. The van der Waals surface area contributed by atoms with Crippen LogP contribution < -0.4 is 0 Å². The first-order valence-corrected chi connectivity index (χ1v) is 10.5. The quantitative estimate of drug-likeness (QED) is 0.665. The Morgan fingerprint density at radius 3 is 2.56 bits per heavy atom. The standard InChI is InChI=1S/C18H29NO5S/c1-24-11-3-9-18(14-20)13-19(10-8-17(18)21)12-15-4-6-16(7-5-15)25(2,22)23/h4-7,17,20-21H,3,8-14H2,1-2H3/t17-,18+/m1/s1. The first-order valence-electron chi connectivity index (χ1n) is 8.60. The summed E-state index contributed by atoms with van der Waals surface area (Å²) >= 11 is 0. The summed E-state index contributed by atoms with van der Waals surface area (Å²) < 4.78 is 28.2. The van der Waals surface area contributed by atoms with E-state index < -0.39 is 21.4 Å². The van der Waals surface area contributed by atoms with Crippen LogP contribution in [0.3, 0.4) is 0 Å². The van der Waals surface area contributed by atoms with Gasteiger partial charge in [-0.1, -0.05) is 12.1 Å². The van der Waals surface area contributed by atoms with Crippen LogP contribution in [0.2, 0.25) is 0 Å². The molecule has 1 aliphatic heterocycles. The SMILES string of the molecule is COCCC[C@@]1(CO)CN(Cc2ccc(S(C)(=O)=O)cc2)CC[C@H]1O. The lowest BCUT2D eigenvalue weighted by Crippen LogP contribution is -2.53. The Morgan fingerprint density at radius 1 is 1.32 bits per heavy atom. The van der Waals surface area contributed by atoms with Crippen LogP contribution in [-0.4, -0.2) is 69.3 Å². The van der Waals surface area contributed by atoms with E-state index in [9.17, 15) is 18.6 Å². The lowest BCUT2D eigenvalue weighted by molar-refractivity contribution is -0.0843. The Bertz CT molecular complexity index is 646. The number of aliphatic hydroxyl groups is 2. The van der Waals surface area contributed by atoms with Gasteiger partial charge in [0.25, 0.3) is 0 Å². The second kappa shape index (κ2) is 8.60. The van der Waals surface area contributed by atoms with Crippen molar-refractivity contribution in [2.45, 2.75) is 36.8 Å². The van der Waals surface area contributed by atoms with Gasteiger partial charge in [0, 0.05) is 45.0 Å². The number of likely N-dealkylation sites (tertiary alicyclic amines) is 1. The highest BCUT2D eigenvalue weighted by molar-refractivity contribution is 7.90. The van der Waals surface area contributed by atoms with Crippen LogP contribution in [0.1, 0.15) is 24.8 Å². The van der Waals surface area contributed by atoms with Crippen LogP contribution in [0.5, 0.6) is 0 Å². The van der Waals surface area contributed by atoms with Gasteiger partial charge in [-0.05, 0) is 37.0 Å². The minimum atomic E-state index is -3.19. The third kappa shape index (κ3) is 5.24. The Morgan fingerprint density at radius 2 is 2.00 bits per heavy atom. The van der Waals surface area contributed by atoms with Crippen LogP contribution in [0.25, 0.3) is 0 Å². The average Bonchev–Trinajstić information content (AvgIpc) is 2.57. The number of nitrogens with zero attached hydrogens (tertiary/aromatic N) is 1. The van der Waals surface area contributed by atoms with E-state index in [2.05, 4.69) is 4.90 Å². The number of aliphatic hydroxyl groups excluding tert-OH is 2. The molecule has 0 aliphatic carbocycles. The molecule has 1 aromatic carbocycles. The summed E-state index contributed by atoms with van der Waals surface area (Å²) in [7, 11) is -1.54. The summed E-state index contributed by atoms with van der Waals surface area (Å²) in [5, 5.41) is 20.4. The molecule has 2 rings (SSSR count). The summed E-state index contributed by atoms with van der Waals surface area (Å²) in [6, 6.07) is 6.91. The number of benzene rings is 1. The van der Waals surface area contributed by atoms with Crippen molar-refractivity contribution in [2.24, 2.45) is 5.41 Å². The topological polar surface area (TPSA) is 87.1 Å². The number of methoxy groups -OCH3 is 1. The summed E-state index contributed by atoms with van der Waals surface area (Å²) in [5.74, 6) is 0. The second-order valence-corrected chi connectivity index (χ2v) is 9.06. The Balaban J connectivity index is 2.04. The molecule has 1 aromatic rings. The molecular formula is C18H29NO5S. The van der Waals surface area contributed by atoms with E-state index in [4.69, 9.17) is 4.74 Å². The Labute approximate surface area is 150 Å². The van der Waals surface area contributed by atoms with Crippen molar-refractivity contribution in [1.82, 2.24) is 4.90 Å². The molecule has 25 heavy (non-hydrogen) atoms. The van der Waals surface area contributed by atoms with Gasteiger partial charge in [0.2, 0.25) is 0 Å². The second-order valence-electron chi connectivity index (χ2n) is 7.05. The van der Waals surface area contributed by atoms with Crippen molar-refractivity contribution in [3.05, 3.63) is 29.8 Å². The lowest BCUT2D eigenvalue weighted by atomic mass is 9.74. The maximum absolute atomic E-state index is 11.5. The average molecular weight is 371 g/mol. The minimum absolute atomic E-state index is 0.0542. The highest BCUT2D eigenvalue weighted by Crippen LogP contribution is 2.35.